The molecule has 0 unspecified atom stereocenters. The molecule has 3 rings (SSSR count). The average molecular weight is 462 g/mol. The highest BCUT2D eigenvalue weighted by atomic mass is 32.2. The third-order valence-corrected chi connectivity index (χ3v) is 7.10. The summed E-state index contributed by atoms with van der Waals surface area (Å²) in [7, 11) is -3.90. The molecule has 1 aliphatic rings. The number of hydrogen-bond donors (Lipinski definition) is 2. The molecule has 166 valence electrons. The summed E-state index contributed by atoms with van der Waals surface area (Å²) in [6.07, 6.45) is 3.79. The van der Waals surface area contributed by atoms with Crippen molar-refractivity contribution < 1.29 is 18.0 Å². The highest BCUT2D eigenvalue weighted by Crippen LogP contribution is 2.27. The molecule has 0 bridgehead atoms. The molecule has 0 radical (unpaired) electrons. The van der Waals surface area contributed by atoms with Gasteiger partial charge in [-0.25, -0.2) is 8.42 Å². The van der Waals surface area contributed by atoms with Crippen LogP contribution in [0.3, 0.4) is 0 Å². The fourth-order valence-corrected chi connectivity index (χ4v) is 5.02. The minimum absolute atomic E-state index is 0.00685. The molecule has 7 nitrogen and oxygen atoms in total. The average Bonchev–Trinajstić information content (AvgIpc) is 3.27. The van der Waals surface area contributed by atoms with E-state index in [0.29, 0.717) is 29.9 Å². The summed E-state index contributed by atoms with van der Waals surface area (Å²) in [5, 5.41) is 2.79. The lowest BCUT2D eigenvalue weighted by molar-refractivity contribution is 0.0788. The van der Waals surface area contributed by atoms with Crippen molar-refractivity contribution in [2.24, 2.45) is 0 Å². The van der Waals surface area contributed by atoms with Crippen molar-refractivity contribution in [3.63, 3.8) is 0 Å². The zero-order chi connectivity index (χ0) is 22.6. The van der Waals surface area contributed by atoms with E-state index in [-0.39, 0.29) is 22.8 Å². The second-order valence-corrected chi connectivity index (χ2v) is 10.2. The second-order valence-electron chi connectivity index (χ2n) is 7.67. The van der Waals surface area contributed by atoms with Gasteiger partial charge in [0, 0.05) is 35.3 Å². The molecule has 0 aliphatic carbocycles. The molecule has 2 amide bonds. The first-order chi connectivity index (χ1) is 14.7. The number of benzene rings is 2. The molecule has 1 aliphatic heterocycles. The summed E-state index contributed by atoms with van der Waals surface area (Å²) in [6, 6.07) is 10.8. The summed E-state index contributed by atoms with van der Waals surface area (Å²) >= 11 is 1.41. The zero-order valence-corrected chi connectivity index (χ0v) is 19.5. The third-order valence-electron chi connectivity index (χ3n) is 4.92. The first-order valence-electron chi connectivity index (χ1n) is 10.1. The predicted octanol–water partition coefficient (Wildman–Crippen LogP) is 3.58. The maximum atomic E-state index is 12.9. The Kier molecular flexibility index (Phi) is 7.27. The van der Waals surface area contributed by atoms with Crippen molar-refractivity contribution in [2.75, 3.05) is 24.1 Å². The number of carbonyl (C=O) groups is 2. The normalized spacial score (nSPS) is 14.0. The Morgan fingerprint density at radius 1 is 1.03 bits per heavy atom. The molecule has 1 heterocycles. The summed E-state index contributed by atoms with van der Waals surface area (Å²) in [4.78, 5) is 27.5. The number of amides is 2. The van der Waals surface area contributed by atoms with Crippen LogP contribution in [0.4, 0.5) is 5.69 Å². The molecule has 2 aromatic carbocycles. The van der Waals surface area contributed by atoms with Crippen LogP contribution >= 0.6 is 11.8 Å². The number of likely N-dealkylation sites (tertiary alicyclic amines) is 1. The van der Waals surface area contributed by atoms with E-state index in [9.17, 15) is 18.0 Å². The lowest BCUT2D eigenvalue weighted by Gasteiger charge is -2.18. The van der Waals surface area contributed by atoms with Gasteiger partial charge in [0.15, 0.2) is 0 Å². The first-order valence-corrected chi connectivity index (χ1v) is 12.8. The molecule has 1 fully saturated rings. The van der Waals surface area contributed by atoms with Crippen LogP contribution in [0, 0.1) is 0 Å². The quantitative estimate of drug-likeness (QED) is 0.615. The number of sulfonamides is 1. The van der Waals surface area contributed by atoms with Gasteiger partial charge in [-0.3, -0.25) is 14.3 Å². The third kappa shape index (κ3) is 5.59. The minimum atomic E-state index is -3.90. The van der Waals surface area contributed by atoms with Crippen molar-refractivity contribution in [3.05, 3.63) is 53.6 Å². The van der Waals surface area contributed by atoms with E-state index in [2.05, 4.69) is 10.0 Å². The molecule has 9 heteroatoms. The maximum absolute atomic E-state index is 12.9. The van der Waals surface area contributed by atoms with Gasteiger partial charge in [-0.1, -0.05) is 0 Å². The number of anilines is 1. The van der Waals surface area contributed by atoms with Crippen molar-refractivity contribution in [3.8, 4) is 0 Å². The van der Waals surface area contributed by atoms with Gasteiger partial charge >= 0.3 is 0 Å². The van der Waals surface area contributed by atoms with Crippen LogP contribution in [0.1, 0.15) is 47.4 Å². The molecule has 0 aromatic heterocycles. The van der Waals surface area contributed by atoms with Crippen LogP contribution < -0.4 is 10.0 Å². The highest BCUT2D eigenvalue weighted by Gasteiger charge is 2.24. The molecule has 2 N–H and O–H groups in total. The molecular formula is C22H27N3O4S2. The van der Waals surface area contributed by atoms with Gasteiger partial charge in [-0.05, 0) is 75.4 Å². The standard InChI is InChI=1S/C22H27N3O4S2/c1-15(2)23-21(26)16-6-8-17(9-7-16)24-31(28,29)18-10-11-20(30-3)19(14-18)22(27)25-12-4-5-13-25/h6-11,14-15,24H,4-5,12-13H2,1-3H3,(H,23,26). The number of thioether (sulfide) groups is 1. The Hall–Kier alpha value is -2.52. The number of hydrogen-bond acceptors (Lipinski definition) is 5. The SMILES string of the molecule is CSc1ccc(S(=O)(=O)Nc2ccc(C(=O)NC(C)C)cc2)cc1C(=O)N1CCCC1. The van der Waals surface area contributed by atoms with Gasteiger partial charge in [0.2, 0.25) is 0 Å². The molecule has 1 saturated heterocycles. The number of rotatable bonds is 7. The van der Waals surface area contributed by atoms with E-state index >= 15 is 0 Å². The monoisotopic (exact) mass is 461 g/mol. The van der Waals surface area contributed by atoms with E-state index in [1.807, 2.05) is 20.1 Å². The lowest BCUT2D eigenvalue weighted by Crippen LogP contribution is -2.30. The Labute approximate surface area is 187 Å². The van der Waals surface area contributed by atoms with Gasteiger partial charge in [0.05, 0.1) is 10.5 Å². The van der Waals surface area contributed by atoms with Crippen molar-refractivity contribution in [2.45, 2.75) is 42.5 Å². The van der Waals surface area contributed by atoms with Crippen LogP contribution in [0.2, 0.25) is 0 Å². The van der Waals surface area contributed by atoms with Crippen LogP contribution in [-0.4, -0.2) is 50.5 Å². The Morgan fingerprint density at radius 3 is 2.26 bits per heavy atom. The van der Waals surface area contributed by atoms with Crippen LogP contribution in [0.25, 0.3) is 0 Å². The van der Waals surface area contributed by atoms with Crippen molar-refractivity contribution >= 4 is 39.3 Å². The fraction of sp³-hybridized carbons (Fsp3) is 0.364. The van der Waals surface area contributed by atoms with Gasteiger partial charge in [-0.2, -0.15) is 0 Å². The van der Waals surface area contributed by atoms with Gasteiger partial charge < -0.3 is 10.2 Å². The Bertz CT molecular complexity index is 1060. The fourth-order valence-electron chi connectivity index (χ4n) is 3.36. The largest absolute Gasteiger partial charge is 0.350 e. The number of nitrogens with zero attached hydrogens (tertiary/aromatic N) is 1. The van der Waals surface area contributed by atoms with Crippen LogP contribution in [0.15, 0.2) is 52.3 Å². The molecule has 0 atom stereocenters. The van der Waals surface area contributed by atoms with Crippen LogP contribution in [0.5, 0.6) is 0 Å². The van der Waals surface area contributed by atoms with E-state index in [1.54, 1.807) is 35.2 Å². The zero-order valence-electron chi connectivity index (χ0n) is 17.8. The maximum Gasteiger partial charge on any atom is 0.261 e. The number of carbonyl (C=O) groups excluding carboxylic acids is 2. The molecular weight excluding hydrogens is 434 g/mol. The predicted molar refractivity (Wildman–Crippen MR) is 123 cm³/mol. The van der Waals surface area contributed by atoms with Crippen molar-refractivity contribution in [1.29, 1.82) is 0 Å². The van der Waals surface area contributed by atoms with Gasteiger partial charge in [0.25, 0.3) is 21.8 Å². The van der Waals surface area contributed by atoms with E-state index < -0.39 is 10.0 Å². The number of nitrogens with one attached hydrogen (secondary N) is 2. The second kappa shape index (κ2) is 9.74. The lowest BCUT2D eigenvalue weighted by atomic mass is 10.2. The molecule has 0 saturated carbocycles. The molecule has 0 spiro atoms. The summed E-state index contributed by atoms with van der Waals surface area (Å²) in [6.45, 7) is 5.12. The smallest absolute Gasteiger partial charge is 0.261 e. The molecule has 2 aromatic rings. The minimum Gasteiger partial charge on any atom is -0.350 e. The Morgan fingerprint density at radius 2 is 1.68 bits per heavy atom. The first kappa shape index (κ1) is 23.1. The highest BCUT2D eigenvalue weighted by molar-refractivity contribution is 7.98. The topological polar surface area (TPSA) is 95.6 Å². The Balaban J connectivity index is 1.82. The van der Waals surface area contributed by atoms with Gasteiger partial charge in [0.1, 0.15) is 0 Å². The summed E-state index contributed by atoms with van der Waals surface area (Å²) in [5.74, 6) is -0.360. The van der Waals surface area contributed by atoms with E-state index in [4.69, 9.17) is 0 Å². The summed E-state index contributed by atoms with van der Waals surface area (Å²) < 4.78 is 28.4. The van der Waals surface area contributed by atoms with Crippen LogP contribution in [-0.2, 0) is 10.0 Å². The van der Waals surface area contributed by atoms with Crippen molar-refractivity contribution in [1.82, 2.24) is 10.2 Å². The van der Waals surface area contributed by atoms with E-state index in [0.717, 1.165) is 17.7 Å². The van der Waals surface area contributed by atoms with Gasteiger partial charge in [-0.15, -0.1) is 11.8 Å². The van der Waals surface area contributed by atoms with E-state index in [1.165, 1.54) is 23.9 Å². The molecule has 31 heavy (non-hydrogen) atoms. The summed E-state index contributed by atoms with van der Waals surface area (Å²) in [5.41, 5.74) is 1.18.